The second kappa shape index (κ2) is 2.44. The highest BCUT2D eigenvalue weighted by molar-refractivity contribution is 9.24. The molecule has 0 amide bonds. The lowest BCUT2D eigenvalue weighted by Crippen LogP contribution is -2.45. The molecule has 0 spiro atoms. The van der Waals surface area contributed by atoms with Crippen LogP contribution in [-0.4, -0.2) is 14.8 Å². The van der Waals surface area contributed by atoms with Crippen LogP contribution in [0, 0.1) is 0 Å². The molecule has 1 aliphatic rings. The highest BCUT2D eigenvalue weighted by atomic mass is 79.9. The summed E-state index contributed by atoms with van der Waals surface area (Å²) in [4.78, 5) is 0. The third-order valence-electron chi connectivity index (χ3n) is 1.65. The Morgan fingerprint density at radius 3 is 2.38 bits per heavy atom. The summed E-state index contributed by atoms with van der Waals surface area (Å²) in [5, 5.41) is 0. The number of hydrogen-bond acceptors (Lipinski definition) is 0. The third-order valence-corrected chi connectivity index (χ3v) is 19.3. The van der Waals surface area contributed by atoms with Crippen molar-refractivity contribution in [3.8, 4) is 0 Å². The first-order valence-electron chi connectivity index (χ1n) is 2.85. The molecule has 0 atom stereocenters. The van der Waals surface area contributed by atoms with E-state index < -0.39 is 7.38 Å². The predicted octanol–water partition coefficient (Wildman–Crippen LogP) is 2.67. The zero-order chi connectivity index (χ0) is 6.20. The van der Waals surface area contributed by atoms with Gasteiger partial charge in [0.25, 0.3) is 0 Å². The van der Waals surface area contributed by atoms with Crippen LogP contribution in [0.4, 0.5) is 0 Å². The molecule has 1 heterocycles. The summed E-state index contributed by atoms with van der Waals surface area (Å²) in [5.41, 5.74) is 2.77. The van der Waals surface area contributed by atoms with Crippen LogP contribution in [0.15, 0.2) is 0 Å². The second-order valence-corrected chi connectivity index (χ2v) is 15.0. The molecule has 0 aliphatic carbocycles. The molecule has 47 valence electrons. The molecule has 0 aromatic heterocycles. The van der Waals surface area contributed by atoms with Crippen molar-refractivity contribution in [1.29, 1.82) is 0 Å². The van der Waals surface area contributed by atoms with E-state index in [1.807, 2.05) is 0 Å². The molecule has 1 rings (SSSR count). The van der Waals surface area contributed by atoms with Crippen LogP contribution >= 0.6 is 26.4 Å². The topological polar surface area (TPSA) is 0 Å². The largest absolute Gasteiger partial charge is 0.168 e. The van der Waals surface area contributed by atoms with Crippen molar-refractivity contribution in [3.63, 3.8) is 0 Å². The van der Waals surface area contributed by atoms with E-state index in [0.717, 1.165) is 0 Å². The maximum absolute atomic E-state index is 6.22. The Bertz CT molecular complexity index is 92.0. The molecule has 8 heavy (non-hydrogen) atoms. The molecule has 1 saturated heterocycles. The van der Waals surface area contributed by atoms with Gasteiger partial charge in [0.15, 0.2) is 7.38 Å². The van der Waals surface area contributed by atoms with E-state index in [-0.39, 0.29) is 7.42 Å². The van der Waals surface area contributed by atoms with E-state index in [2.05, 4.69) is 22.2 Å². The standard InChI is InChI=1S/C4H9BrClSi2/c1-2-8(6)3-7(5)4-8/h2-4H2,1H3. The Kier molecular flexibility index (Phi) is 2.23. The molecule has 1 aliphatic heterocycles. The summed E-state index contributed by atoms with van der Waals surface area (Å²) in [5.74, 6) is 0. The van der Waals surface area contributed by atoms with Crippen LogP contribution in [0.3, 0.4) is 0 Å². The van der Waals surface area contributed by atoms with Crippen LogP contribution in [0.1, 0.15) is 6.92 Å². The lowest BCUT2D eigenvalue weighted by Gasteiger charge is -2.35. The van der Waals surface area contributed by atoms with Crippen molar-refractivity contribution >= 4 is 41.2 Å². The highest BCUT2D eigenvalue weighted by Gasteiger charge is 2.43. The average molecular weight is 229 g/mol. The zero-order valence-corrected chi connectivity index (χ0v) is 9.22. The van der Waals surface area contributed by atoms with E-state index in [1.54, 1.807) is 0 Å². The van der Waals surface area contributed by atoms with Gasteiger partial charge in [-0.05, 0) is 17.4 Å². The molecule has 0 unspecified atom stereocenters. The summed E-state index contributed by atoms with van der Waals surface area (Å²) in [6.07, 6.45) is 0. The molecule has 0 saturated carbocycles. The molecule has 0 aromatic carbocycles. The monoisotopic (exact) mass is 227 g/mol. The first-order chi connectivity index (χ1) is 3.66. The number of hydrogen-bond donors (Lipinski definition) is 0. The van der Waals surface area contributed by atoms with Gasteiger partial charge in [0.1, 0.15) is 7.42 Å². The molecular weight excluding hydrogens is 220 g/mol. The Morgan fingerprint density at radius 1 is 1.75 bits per heavy atom. The smallest absolute Gasteiger partial charge is 0.152 e. The van der Waals surface area contributed by atoms with Gasteiger partial charge in [-0.25, -0.2) is 0 Å². The van der Waals surface area contributed by atoms with Gasteiger partial charge < -0.3 is 0 Å². The van der Waals surface area contributed by atoms with E-state index in [9.17, 15) is 0 Å². The molecule has 0 N–H and O–H groups in total. The minimum Gasteiger partial charge on any atom is -0.168 e. The lowest BCUT2D eigenvalue weighted by atomic mass is 11.0. The summed E-state index contributed by atoms with van der Waals surface area (Å²) in [6.45, 7) is 2.22. The van der Waals surface area contributed by atoms with Gasteiger partial charge in [0, 0.05) is 0 Å². The lowest BCUT2D eigenvalue weighted by molar-refractivity contribution is 1.33. The number of halogens is 2. The van der Waals surface area contributed by atoms with Crippen LogP contribution in [0.5, 0.6) is 0 Å². The normalized spacial score (nSPS) is 27.4. The molecule has 0 aromatic rings. The molecule has 1 fully saturated rings. The second-order valence-electron chi connectivity index (χ2n) is 2.38. The van der Waals surface area contributed by atoms with E-state index in [0.29, 0.717) is 0 Å². The zero-order valence-electron chi connectivity index (χ0n) is 4.88. The Balaban J connectivity index is 2.30. The van der Waals surface area contributed by atoms with E-state index >= 15 is 0 Å². The summed E-state index contributed by atoms with van der Waals surface area (Å²) in [6, 6.07) is 1.27. The Morgan fingerprint density at radius 2 is 2.25 bits per heavy atom. The van der Waals surface area contributed by atoms with Crippen LogP contribution in [0.25, 0.3) is 0 Å². The van der Waals surface area contributed by atoms with Gasteiger partial charge in [-0.15, -0.1) is 15.3 Å². The fraction of sp³-hybridized carbons (Fsp3) is 1.00. The highest BCUT2D eigenvalue weighted by Crippen LogP contribution is 2.40. The quantitative estimate of drug-likeness (QED) is 0.478. The van der Waals surface area contributed by atoms with Crippen molar-refractivity contribution in [2.45, 2.75) is 24.3 Å². The summed E-state index contributed by atoms with van der Waals surface area (Å²) >= 11 is 9.85. The fourth-order valence-electron chi connectivity index (χ4n) is 0.886. The average Bonchev–Trinajstić information content (AvgIpc) is 1.63. The van der Waals surface area contributed by atoms with Gasteiger partial charge in [-0.3, -0.25) is 0 Å². The van der Waals surface area contributed by atoms with Crippen molar-refractivity contribution in [3.05, 3.63) is 0 Å². The first kappa shape index (κ1) is 7.31. The summed E-state index contributed by atoms with van der Waals surface area (Å²) in [7, 11) is -1.13. The van der Waals surface area contributed by atoms with Gasteiger partial charge in [0.2, 0.25) is 0 Å². The van der Waals surface area contributed by atoms with Crippen molar-refractivity contribution in [1.82, 2.24) is 0 Å². The van der Waals surface area contributed by atoms with E-state index in [1.165, 1.54) is 17.4 Å². The van der Waals surface area contributed by atoms with Crippen molar-refractivity contribution in [2.75, 3.05) is 0 Å². The van der Waals surface area contributed by atoms with Crippen LogP contribution < -0.4 is 0 Å². The minimum absolute atomic E-state index is 0.0693. The van der Waals surface area contributed by atoms with Crippen LogP contribution in [0.2, 0.25) is 17.4 Å². The molecule has 0 bridgehead atoms. The van der Waals surface area contributed by atoms with Gasteiger partial charge in [-0.2, -0.15) is 11.1 Å². The SMILES string of the molecule is CC[Si]1(Cl)C[Si](Br)C1. The van der Waals surface area contributed by atoms with Gasteiger partial charge in [-0.1, -0.05) is 6.92 Å². The van der Waals surface area contributed by atoms with E-state index in [4.69, 9.17) is 11.1 Å². The third kappa shape index (κ3) is 1.37. The van der Waals surface area contributed by atoms with Gasteiger partial charge >= 0.3 is 0 Å². The molecule has 4 heteroatoms. The molecule has 1 radical (unpaired) electrons. The fourth-order valence-corrected chi connectivity index (χ4v) is 23.4. The summed E-state index contributed by atoms with van der Waals surface area (Å²) < 4.78 is 0. The maximum Gasteiger partial charge on any atom is 0.152 e. The maximum atomic E-state index is 6.22. The van der Waals surface area contributed by atoms with Crippen LogP contribution in [-0.2, 0) is 0 Å². The van der Waals surface area contributed by atoms with Gasteiger partial charge in [0.05, 0.1) is 0 Å². The Hall–Kier alpha value is 1.20. The molecular formula is C4H9BrClSi2. The van der Waals surface area contributed by atoms with Crippen molar-refractivity contribution in [2.24, 2.45) is 0 Å². The number of rotatable bonds is 1. The minimum atomic E-state index is -1.06. The first-order valence-corrected chi connectivity index (χ1v) is 10.7. The Labute approximate surface area is 65.5 Å². The van der Waals surface area contributed by atoms with Crippen molar-refractivity contribution < 1.29 is 0 Å². The molecule has 0 nitrogen and oxygen atoms in total. The predicted molar refractivity (Wildman–Crippen MR) is 46.4 cm³/mol.